The molecule has 4 fully saturated rings. The van der Waals surface area contributed by atoms with Gasteiger partial charge in [-0.3, -0.25) is 4.79 Å². The Balaban J connectivity index is 1.24. The van der Waals surface area contributed by atoms with Crippen LogP contribution in [0.15, 0.2) is 29.6 Å². The first-order valence-corrected chi connectivity index (χ1v) is 11.5. The molecule has 0 radical (unpaired) electrons. The second-order valence-corrected chi connectivity index (χ2v) is 10.4. The highest BCUT2D eigenvalue weighted by molar-refractivity contribution is 7.12. The van der Waals surface area contributed by atoms with Crippen LogP contribution in [-0.2, 0) is 6.61 Å². The number of hydrogen-bond donors (Lipinski definition) is 1. The van der Waals surface area contributed by atoms with Crippen molar-refractivity contribution in [1.29, 1.82) is 0 Å². The number of ether oxygens (including phenoxy) is 1. The Morgan fingerprint density at radius 1 is 1.14 bits per heavy atom. The zero-order chi connectivity index (χ0) is 19.3. The van der Waals surface area contributed by atoms with E-state index in [0.29, 0.717) is 6.61 Å². The molecule has 0 atom stereocenters. The molecule has 3 nitrogen and oxygen atoms in total. The smallest absolute Gasteiger partial charge is 0.261 e. The molecular weight excluding hydrogens is 366 g/mol. The van der Waals surface area contributed by atoms with Gasteiger partial charge in [0.1, 0.15) is 12.4 Å². The van der Waals surface area contributed by atoms with Crippen LogP contribution in [0.3, 0.4) is 0 Å². The molecule has 6 rings (SSSR count). The van der Waals surface area contributed by atoms with Crippen LogP contribution in [0.4, 0.5) is 0 Å². The highest BCUT2D eigenvalue weighted by atomic mass is 32.1. The quantitative estimate of drug-likeness (QED) is 0.711. The van der Waals surface area contributed by atoms with Gasteiger partial charge in [0.15, 0.2) is 0 Å². The maximum Gasteiger partial charge on any atom is 0.261 e. The Hall–Kier alpha value is -1.81. The SMILES string of the molecule is Cc1cccc(OCc2csc(C(=O)NC34CC5CC(CC(C5)C3)C4)c2)c1C. The van der Waals surface area contributed by atoms with Crippen molar-refractivity contribution in [3.05, 3.63) is 51.2 Å². The third-order valence-corrected chi connectivity index (χ3v) is 8.22. The molecular formula is C24H29NO2S. The molecule has 4 saturated carbocycles. The van der Waals surface area contributed by atoms with Gasteiger partial charge >= 0.3 is 0 Å². The summed E-state index contributed by atoms with van der Waals surface area (Å²) in [6.45, 7) is 4.69. The predicted octanol–water partition coefficient (Wildman–Crippen LogP) is 5.64. The van der Waals surface area contributed by atoms with Gasteiger partial charge in [0.25, 0.3) is 5.91 Å². The van der Waals surface area contributed by atoms with Crippen LogP contribution in [0, 0.1) is 31.6 Å². The fourth-order valence-electron chi connectivity index (χ4n) is 6.18. The first-order chi connectivity index (χ1) is 13.5. The number of carbonyl (C=O) groups excluding carboxylic acids is 1. The second-order valence-electron chi connectivity index (χ2n) is 9.46. The van der Waals surface area contributed by atoms with Gasteiger partial charge in [-0.05, 0) is 98.8 Å². The molecule has 148 valence electrons. The minimum absolute atomic E-state index is 0.0746. The van der Waals surface area contributed by atoms with E-state index in [4.69, 9.17) is 4.74 Å². The van der Waals surface area contributed by atoms with Gasteiger partial charge in [-0.2, -0.15) is 0 Å². The van der Waals surface area contributed by atoms with Crippen molar-refractivity contribution in [1.82, 2.24) is 5.32 Å². The number of amides is 1. The molecule has 0 unspecified atom stereocenters. The Morgan fingerprint density at radius 2 is 1.82 bits per heavy atom. The maximum atomic E-state index is 13.0. The van der Waals surface area contributed by atoms with Gasteiger partial charge in [0.05, 0.1) is 4.88 Å². The Labute approximate surface area is 171 Å². The first-order valence-electron chi connectivity index (χ1n) is 10.6. The highest BCUT2D eigenvalue weighted by Crippen LogP contribution is 2.55. The van der Waals surface area contributed by atoms with E-state index in [1.807, 2.05) is 18.2 Å². The average molecular weight is 396 g/mol. The first kappa shape index (κ1) is 18.2. The molecule has 4 bridgehead atoms. The lowest BCUT2D eigenvalue weighted by Gasteiger charge is -2.56. The van der Waals surface area contributed by atoms with Crippen molar-refractivity contribution in [3.63, 3.8) is 0 Å². The van der Waals surface area contributed by atoms with Crippen LogP contribution in [-0.4, -0.2) is 11.4 Å². The van der Waals surface area contributed by atoms with E-state index in [9.17, 15) is 4.79 Å². The Kier molecular flexibility index (Phi) is 4.50. The summed E-state index contributed by atoms with van der Waals surface area (Å²) in [4.78, 5) is 13.8. The van der Waals surface area contributed by atoms with Crippen LogP contribution in [0.5, 0.6) is 5.75 Å². The molecule has 1 amide bonds. The lowest BCUT2D eigenvalue weighted by molar-refractivity contribution is -0.0166. The van der Waals surface area contributed by atoms with Crippen molar-refractivity contribution in [3.8, 4) is 5.75 Å². The molecule has 0 saturated heterocycles. The van der Waals surface area contributed by atoms with E-state index in [1.165, 1.54) is 61.0 Å². The molecule has 1 heterocycles. The summed E-state index contributed by atoms with van der Waals surface area (Å²) in [5, 5.41) is 5.53. The topological polar surface area (TPSA) is 38.3 Å². The second kappa shape index (κ2) is 6.91. The van der Waals surface area contributed by atoms with E-state index in [0.717, 1.165) is 33.9 Å². The van der Waals surface area contributed by atoms with Gasteiger partial charge in [-0.25, -0.2) is 0 Å². The summed E-state index contributed by atoms with van der Waals surface area (Å²) in [6.07, 6.45) is 7.77. The number of rotatable bonds is 5. The van der Waals surface area contributed by atoms with Gasteiger partial charge in [0.2, 0.25) is 0 Å². The van der Waals surface area contributed by atoms with E-state index in [2.05, 4.69) is 30.6 Å². The number of carbonyl (C=O) groups is 1. The molecule has 4 heteroatoms. The molecule has 1 N–H and O–H groups in total. The minimum atomic E-state index is 0.0746. The van der Waals surface area contributed by atoms with Crippen molar-refractivity contribution >= 4 is 17.2 Å². The van der Waals surface area contributed by atoms with Crippen LogP contribution in [0.1, 0.15) is 64.9 Å². The van der Waals surface area contributed by atoms with Crippen molar-refractivity contribution < 1.29 is 9.53 Å². The molecule has 4 aliphatic carbocycles. The molecule has 1 aromatic carbocycles. The van der Waals surface area contributed by atoms with E-state index >= 15 is 0 Å². The summed E-state index contributed by atoms with van der Waals surface area (Å²) < 4.78 is 6.01. The lowest BCUT2D eigenvalue weighted by Crippen LogP contribution is -2.59. The van der Waals surface area contributed by atoms with Crippen LogP contribution < -0.4 is 10.1 Å². The summed E-state index contributed by atoms with van der Waals surface area (Å²) >= 11 is 1.54. The minimum Gasteiger partial charge on any atom is -0.489 e. The Bertz CT molecular complexity index is 864. The predicted molar refractivity (Wildman–Crippen MR) is 113 cm³/mol. The standard InChI is InChI=1S/C24H29NO2S/c1-15-4-3-5-21(16(15)2)27-13-20-9-22(28-14-20)23(26)25-24-10-17-6-18(11-24)8-19(7-17)12-24/h3-5,9,14,17-19H,6-8,10-13H2,1-2H3,(H,25,26). The van der Waals surface area contributed by atoms with E-state index < -0.39 is 0 Å². The third-order valence-electron chi connectivity index (χ3n) is 7.24. The zero-order valence-corrected chi connectivity index (χ0v) is 17.6. The van der Waals surface area contributed by atoms with Crippen LogP contribution >= 0.6 is 11.3 Å². The summed E-state index contributed by atoms with van der Waals surface area (Å²) in [7, 11) is 0. The highest BCUT2D eigenvalue weighted by Gasteiger charge is 2.51. The van der Waals surface area contributed by atoms with Gasteiger partial charge in [-0.1, -0.05) is 12.1 Å². The van der Waals surface area contributed by atoms with Gasteiger partial charge in [-0.15, -0.1) is 11.3 Å². The molecule has 1 aromatic heterocycles. The molecule has 0 aliphatic heterocycles. The largest absolute Gasteiger partial charge is 0.489 e. The lowest BCUT2D eigenvalue weighted by atomic mass is 9.53. The fourth-order valence-corrected chi connectivity index (χ4v) is 6.97. The number of hydrogen-bond acceptors (Lipinski definition) is 3. The van der Waals surface area contributed by atoms with Crippen LogP contribution in [0.2, 0.25) is 0 Å². The number of benzene rings is 1. The summed E-state index contributed by atoms with van der Waals surface area (Å²) in [6, 6.07) is 8.14. The normalized spacial score (nSPS) is 30.4. The maximum absolute atomic E-state index is 13.0. The molecule has 4 aliphatic rings. The van der Waals surface area contributed by atoms with Crippen molar-refractivity contribution in [2.45, 2.75) is 64.5 Å². The number of thiophene rings is 1. The van der Waals surface area contributed by atoms with E-state index in [-0.39, 0.29) is 11.4 Å². The van der Waals surface area contributed by atoms with Crippen molar-refractivity contribution in [2.75, 3.05) is 0 Å². The zero-order valence-electron chi connectivity index (χ0n) is 16.8. The van der Waals surface area contributed by atoms with E-state index in [1.54, 1.807) is 0 Å². The fraction of sp³-hybridized carbons (Fsp3) is 0.542. The van der Waals surface area contributed by atoms with Gasteiger partial charge < -0.3 is 10.1 Å². The average Bonchev–Trinajstić information content (AvgIpc) is 3.11. The number of nitrogens with one attached hydrogen (secondary N) is 1. The molecule has 0 spiro atoms. The van der Waals surface area contributed by atoms with Crippen molar-refractivity contribution in [2.24, 2.45) is 17.8 Å². The number of aryl methyl sites for hydroxylation is 1. The molecule has 28 heavy (non-hydrogen) atoms. The monoisotopic (exact) mass is 395 g/mol. The van der Waals surface area contributed by atoms with Gasteiger partial charge in [0, 0.05) is 11.1 Å². The molecule has 2 aromatic rings. The summed E-state index contributed by atoms with van der Waals surface area (Å²) in [5.41, 5.74) is 3.56. The summed E-state index contributed by atoms with van der Waals surface area (Å²) in [5.74, 6) is 3.57. The third kappa shape index (κ3) is 3.36. The van der Waals surface area contributed by atoms with Crippen LogP contribution in [0.25, 0.3) is 0 Å². The Morgan fingerprint density at radius 3 is 2.50 bits per heavy atom.